The van der Waals surface area contributed by atoms with Crippen LogP contribution < -0.4 is 16.2 Å². The Morgan fingerprint density at radius 3 is 2.87 bits per heavy atom. The number of aromatic nitrogens is 5. The fourth-order valence-electron chi connectivity index (χ4n) is 2.96. The molecule has 10 nitrogen and oxygen atoms in total. The predicted octanol–water partition coefficient (Wildman–Crippen LogP) is 1.51. The highest BCUT2D eigenvalue weighted by Gasteiger charge is 2.22. The number of fused-ring (bicyclic) bond motifs is 1. The predicted molar refractivity (Wildman–Crippen MR) is 112 cm³/mol. The first-order valence-corrected chi connectivity index (χ1v) is 9.86. The lowest BCUT2D eigenvalue weighted by Gasteiger charge is -2.08. The van der Waals surface area contributed by atoms with E-state index in [1.165, 1.54) is 0 Å². The summed E-state index contributed by atoms with van der Waals surface area (Å²) in [5, 5.41) is 13.7. The smallest absolute Gasteiger partial charge is 0.318 e. The van der Waals surface area contributed by atoms with Gasteiger partial charge in [0.15, 0.2) is 0 Å². The number of ether oxygens (including phenoxy) is 1. The summed E-state index contributed by atoms with van der Waals surface area (Å²) in [6, 6.07) is 5.65. The van der Waals surface area contributed by atoms with Gasteiger partial charge in [-0.3, -0.25) is 14.5 Å². The van der Waals surface area contributed by atoms with E-state index in [2.05, 4.69) is 20.1 Å². The second kappa shape index (κ2) is 8.05. The number of hydrogen-bond donors (Lipinski definition) is 3. The molecule has 0 fully saturated rings. The first kappa shape index (κ1) is 19.7. The number of carbonyl (C=O) groups is 1. The maximum absolute atomic E-state index is 11.8. The largest absolute Gasteiger partial charge is 0.458 e. The number of aliphatic hydroxyl groups excluding tert-OH is 1. The summed E-state index contributed by atoms with van der Waals surface area (Å²) in [5.41, 5.74) is 14.5. The molecule has 0 saturated heterocycles. The average Bonchev–Trinajstić information content (AvgIpc) is 3.30. The van der Waals surface area contributed by atoms with Gasteiger partial charge in [0, 0.05) is 17.5 Å². The maximum atomic E-state index is 11.8. The number of primary amides is 1. The van der Waals surface area contributed by atoms with Crippen LogP contribution in [-0.4, -0.2) is 42.4 Å². The van der Waals surface area contributed by atoms with Crippen LogP contribution in [0.2, 0.25) is 0 Å². The van der Waals surface area contributed by atoms with Crippen molar-refractivity contribution in [2.75, 3.05) is 12.3 Å². The summed E-state index contributed by atoms with van der Waals surface area (Å²) in [6.07, 6.45) is 3.41. The second-order valence-electron chi connectivity index (χ2n) is 6.53. The van der Waals surface area contributed by atoms with Crippen molar-refractivity contribution in [3.05, 3.63) is 46.7 Å². The number of hydrogen-bond acceptors (Lipinski definition) is 9. The molecule has 0 aromatic carbocycles. The SMILES string of the molecule is Cc1cccc(-c2nc(OCc3cnn(CCO)c3)nc3sc(C(N)=O)c(N)c23)n1. The topological polar surface area (TPSA) is 155 Å². The van der Waals surface area contributed by atoms with E-state index in [1.807, 2.05) is 19.1 Å². The number of aryl methyl sites for hydroxylation is 1. The summed E-state index contributed by atoms with van der Waals surface area (Å²) in [5.74, 6) is -0.627. The third-order valence-corrected chi connectivity index (χ3v) is 5.42. The van der Waals surface area contributed by atoms with E-state index in [0.29, 0.717) is 28.1 Å². The number of pyridine rings is 1. The Morgan fingerprint density at radius 2 is 2.13 bits per heavy atom. The van der Waals surface area contributed by atoms with Crippen molar-refractivity contribution in [3.63, 3.8) is 0 Å². The van der Waals surface area contributed by atoms with E-state index in [0.717, 1.165) is 22.6 Å². The van der Waals surface area contributed by atoms with Gasteiger partial charge in [-0.25, -0.2) is 0 Å². The van der Waals surface area contributed by atoms with E-state index >= 15 is 0 Å². The third-order valence-electron chi connectivity index (χ3n) is 4.31. The highest BCUT2D eigenvalue weighted by molar-refractivity contribution is 7.21. The molecule has 0 saturated carbocycles. The number of thiophene rings is 1. The molecule has 0 bridgehead atoms. The third kappa shape index (κ3) is 3.80. The van der Waals surface area contributed by atoms with Gasteiger partial charge in [-0.2, -0.15) is 15.1 Å². The Labute approximate surface area is 175 Å². The molecule has 1 amide bonds. The Bertz CT molecular complexity index is 1230. The first-order valence-electron chi connectivity index (χ1n) is 9.05. The van der Waals surface area contributed by atoms with Gasteiger partial charge in [0.2, 0.25) is 0 Å². The molecule has 0 aliphatic carbocycles. The zero-order chi connectivity index (χ0) is 21.3. The number of rotatable bonds is 7. The lowest BCUT2D eigenvalue weighted by atomic mass is 10.1. The van der Waals surface area contributed by atoms with Crippen molar-refractivity contribution < 1.29 is 14.6 Å². The van der Waals surface area contributed by atoms with Gasteiger partial charge in [0.25, 0.3) is 5.91 Å². The van der Waals surface area contributed by atoms with E-state index in [9.17, 15) is 4.79 Å². The molecule has 4 heterocycles. The van der Waals surface area contributed by atoms with E-state index < -0.39 is 5.91 Å². The normalized spacial score (nSPS) is 11.1. The summed E-state index contributed by atoms with van der Waals surface area (Å²) >= 11 is 1.09. The molecule has 0 atom stereocenters. The minimum absolute atomic E-state index is 0.00337. The van der Waals surface area contributed by atoms with Crippen LogP contribution in [0, 0.1) is 6.92 Å². The van der Waals surface area contributed by atoms with Crippen molar-refractivity contribution in [1.29, 1.82) is 0 Å². The van der Waals surface area contributed by atoms with Crippen LogP contribution in [0.1, 0.15) is 20.9 Å². The standard InChI is InChI=1S/C19H19N7O3S/c1-10-3-2-4-12(23-10)15-13-14(20)16(17(21)28)30-18(13)25-19(24-15)29-9-11-7-22-26(8-11)5-6-27/h2-4,7-8,27H,5-6,9,20H2,1H3,(H2,21,28). The molecule has 5 N–H and O–H groups in total. The van der Waals surface area contributed by atoms with Crippen molar-refractivity contribution in [2.45, 2.75) is 20.1 Å². The van der Waals surface area contributed by atoms with Crippen LogP contribution in [0.15, 0.2) is 30.6 Å². The van der Waals surface area contributed by atoms with Gasteiger partial charge in [0.1, 0.15) is 22.0 Å². The van der Waals surface area contributed by atoms with Crippen LogP contribution >= 0.6 is 11.3 Å². The van der Waals surface area contributed by atoms with Crippen molar-refractivity contribution in [3.8, 4) is 17.4 Å². The molecular weight excluding hydrogens is 406 g/mol. The van der Waals surface area contributed by atoms with Crippen molar-refractivity contribution in [1.82, 2.24) is 24.7 Å². The van der Waals surface area contributed by atoms with Crippen LogP contribution in [0.5, 0.6) is 6.01 Å². The number of nitrogens with zero attached hydrogens (tertiary/aromatic N) is 5. The Kier molecular flexibility index (Phi) is 5.29. The number of carbonyl (C=O) groups excluding carboxylic acids is 1. The molecule has 0 radical (unpaired) electrons. The van der Waals surface area contributed by atoms with E-state index in [4.69, 9.17) is 21.3 Å². The van der Waals surface area contributed by atoms with E-state index in [-0.39, 0.29) is 29.8 Å². The van der Waals surface area contributed by atoms with Crippen LogP contribution in [0.25, 0.3) is 21.6 Å². The monoisotopic (exact) mass is 425 g/mol. The first-order chi connectivity index (χ1) is 14.5. The maximum Gasteiger partial charge on any atom is 0.318 e. The van der Waals surface area contributed by atoms with Gasteiger partial charge in [-0.15, -0.1) is 11.3 Å². The number of nitrogens with two attached hydrogens (primary N) is 2. The highest BCUT2D eigenvalue weighted by Crippen LogP contribution is 2.38. The molecule has 30 heavy (non-hydrogen) atoms. The molecule has 0 spiro atoms. The number of nitrogen functional groups attached to an aromatic ring is 1. The fraction of sp³-hybridized carbons (Fsp3) is 0.211. The van der Waals surface area contributed by atoms with Gasteiger partial charge in [-0.05, 0) is 19.1 Å². The minimum Gasteiger partial charge on any atom is -0.458 e. The fourth-order valence-corrected chi connectivity index (χ4v) is 3.90. The minimum atomic E-state index is -0.627. The lowest BCUT2D eigenvalue weighted by Crippen LogP contribution is -2.10. The second-order valence-corrected chi connectivity index (χ2v) is 7.53. The zero-order valence-corrected chi connectivity index (χ0v) is 16.9. The molecule has 4 rings (SSSR count). The zero-order valence-electron chi connectivity index (χ0n) is 16.1. The number of anilines is 1. The number of aliphatic hydroxyl groups is 1. The quantitative estimate of drug-likeness (QED) is 0.402. The molecule has 0 aliphatic heterocycles. The average molecular weight is 425 g/mol. The summed E-state index contributed by atoms with van der Waals surface area (Å²) in [7, 11) is 0. The van der Waals surface area contributed by atoms with E-state index in [1.54, 1.807) is 23.1 Å². The van der Waals surface area contributed by atoms with Gasteiger partial charge in [-0.1, -0.05) is 6.07 Å². The summed E-state index contributed by atoms with van der Waals surface area (Å²) in [6.45, 7) is 2.45. The van der Waals surface area contributed by atoms with Gasteiger partial charge >= 0.3 is 6.01 Å². The summed E-state index contributed by atoms with van der Waals surface area (Å²) in [4.78, 5) is 25.9. The Hall–Kier alpha value is -3.57. The molecule has 0 unspecified atom stereocenters. The Morgan fingerprint density at radius 1 is 1.30 bits per heavy atom. The highest BCUT2D eigenvalue weighted by atomic mass is 32.1. The molecule has 4 aromatic rings. The van der Waals surface area contributed by atoms with Gasteiger partial charge in [0.05, 0.1) is 36.1 Å². The van der Waals surface area contributed by atoms with Crippen LogP contribution in [-0.2, 0) is 13.2 Å². The number of amides is 1. The van der Waals surface area contributed by atoms with Crippen LogP contribution in [0.4, 0.5) is 5.69 Å². The van der Waals surface area contributed by atoms with Crippen LogP contribution in [0.3, 0.4) is 0 Å². The van der Waals surface area contributed by atoms with Crippen molar-refractivity contribution in [2.24, 2.45) is 5.73 Å². The molecule has 0 aliphatic rings. The molecule has 154 valence electrons. The lowest BCUT2D eigenvalue weighted by molar-refractivity contribution is 0.100. The Balaban J connectivity index is 1.76. The van der Waals surface area contributed by atoms with Crippen molar-refractivity contribution >= 4 is 33.1 Å². The molecule has 11 heteroatoms. The van der Waals surface area contributed by atoms with Gasteiger partial charge < -0.3 is 21.3 Å². The summed E-state index contributed by atoms with van der Waals surface area (Å²) < 4.78 is 7.39. The molecule has 4 aromatic heterocycles. The molecular formula is C19H19N7O3S.